The van der Waals surface area contributed by atoms with Crippen molar-refractivity contribution in [3.63, 3.8) is 0 Å². The van der Waals surface area contributed by atoms with E-state index < -0.39 is 5.91 Å². The van der Waals surface area contributed by atoms with E-state index in [0.717, 1.165) is 34.7 Å². The number of nitrogens with two attached hydrogens (primary N) is 1. The highest BCUT2D eigenvalue weighted by molar-refractivity contribution is 6.03. The van der Waals surface area contributed by atoms with Gasteiger partial charge in [-0.25, -0.2) is 0 Å². The maximum atomic E-state index is 12.6. The van der Waals surface area contributed by atoms with Gasteiger partial charge in [-0.2, -0.15) is 0 Å². The number of hydrogen-bond acceptors (Lipinski definition) is 4. The molecule has 4 N–H and O–H groups in total. The standard InChI is InChI=1S/C27H31N3O3/c28-25(31)17-33-22-8-5-18(6-9-22)7-10-26(32)29-23-3-1-2-4-24(23)30-27-14-19-11-20(15-27)13-21(12-19)16-27/h1-10,19-21,30H,11-17H2,(H2,28,31)(H,29,32). The lowest BCUT2D eigenvalue weighted by Crippen LogP contribution is -2.54. The molecule has 0 saturated heterocycles. The molecule has 0 heterocycles. The lowest BCUT2D eigenvalue weighted by Gasteiger charge is -2.57. The minimum Gasteiger partial charge on any atom is -0.484 e. The molecule has 0 aromatic heterocycles. The third-order valence-electron chi connectivity index (χ3n) is 7.31. The van der Waals surface area contributed by atoms with E-state index in [2.05, 4.69) is 16.7 Å². The van der Waals surface area contributed by atoms with Crippen LogP contribution in [-0.4, -0.2) is 24.0 Å². The molecule has 33 heavy (non-hydrogen) atoms. The summed E-state index contributed by atoms with van der Waals surface area (Å²) in [6.45, 7) is -0.158. The van der Waals surface area contributed by atoms with Gasteiger partial charge in [0, 0.05) is 11.6 Å². The summed E-state index contributed by atoms with van der Waals surface area (Å²) in [4.78, 5) is 23.5. The van der Waals surface area contributed by atoms with Crippen molar-refractivity contribution in [1.29, 1.82) is 0 Å². The summed E-state index contributed by atoms with van der Waals surface area (Å²) < 4.78 is 5.26. The zero-order valence-electron chi connectivity index (χ0n) is 18.8. The molecule has 6 nitrogen and oxygen atoms in total. The van der Waals surface area contributed by atoms with Crippen molar-refractivity contribution in [2.24, 2.45) is 23.5 Å². The van der Waals surface area contributed by atoms with Crippen molar-refractivity contribution < 1.29 is 14.3 Å². The Morgan fingerprint density at radius 2 is 1.55 bits per heavy atom. The molecule has 4 aliphatic carbocycles. The van der Waals surface area contributed by atoms with Crippen molar-refractivity contribution >= 4 is 29.3 Å². The Labute approximate surface area is 194 Å². The molecule has 2 aromatic rings. The van der Waals surface area contributed by atoms with Gasteiger partial charge in [0.25, 0.3) is 5.91 Å². The number of nitrogens with one attached hydrogen (secondary N) is 2. The van der Waals surface area contributed by atoms with E-state index >= 15 is 0 Å². The van der Waals surface area contributed by atoms with Crippen LogP contribution in [0.5, 0.6) is 5.75 Å². The van der Waals surface area contributed by atoms with Gasteiger partial charge in [-0.1, -0.05) is 24.3 Å². The molecule has 6 rings (SSSR count). The summed E-state index contributed by atoms with van der Waals surface area (Å²) in [6.07, 6.45) is 11.2. The first-order valence-electron chi connectivity index (χ1n) is 11.8. The third-order valence-corrected chi connectivity index (χ3v) is 7.31. The van der Waals surface area contributed by atoms with Crippen molar-refractivity contribution in [2.75, 3.05) is 17.2 Å². The topological polar surface area (TPSA) is 93.5 Å². The first-order chi connectivity index (χ1) is 16.0. The Morgan fingerprint density at radius 3 is 2.15 bits per heavy atom. The molecule has 0 unspecified atom stereocenters. The monoisotopic (exact) mass is 445 g/mol. The van der Waals surface area contributed by atoms with Crippen molar-refractivity contribution in [2.45, 2.75) is 44.1 Å². The van der Waals surface area contributed by atoms with E-state index in [0.29, 0.717) is 5.75 Å². The van der Waals surface area contributed by atoms with Gasteiger partial charge in [-0.3, -0.25) is 9.59 Å². The number of benzene rings is 2. The molecular weight excluding hydrogens is 414 g/mol. The minimum atomic E-state index is -0.520. The number of amides is 2. The number of ether oxygens (including phenoxy) is 1. The van der Waals surface area contributed by atoms with E-state index in [1.807, 2.05) is 30.3 Å². The minimum absolute atomic E-state index is 0.158. The molecule has 0 atom stereocenters. The van der Waals surface area contributed by atoms with E-state index in [1.165, 1.54) is 44.6 Å². The van der Waals surface area contributed by atoms with E-state index in [-0.39, 0.29) is 18.1 Å². The summed E-state index contributed by atoms with van der Waals surface area (Å²) in [5, 5.41) is 6.92. The van der Waals surface area contributed by atoms with Crippen LogP contribution >= 0.6 is 0 Å². The van der Waals surface area contributed by atoms with E-state index in [1.54, 1.807) is 18.2 Å². The highest BCUT2D eigenvalue weighted by Crippen LogP contribution is 2.56. The van der Waals surface area contributed by atoms with Crippen LogP contribution in [-0.2, 0) is 9.59 Å². The second kappa shape index (κ2) is 8.93. The van der Waals surface area contributed by atoms with Gasteiger partial charge in [0.05, 0.1) is 11.4 Å². The molecule has 4 aliphatic rings. The molecule has 0 aliphatic heterocycles. The largest absolute Gasteiger partial charge is 0.484 e. The smallest absolute Gasteiger partial charge is 0.255 e. The number of carbonyl (C=O) groups is 2. The predicted octanol–water partition coefficient (Wildman–Crippen LogP) is 4.58. The third kappa shape index (κ3) is 5.05. The van der Waals surface area contributed by atoms with Crippen LogP contribution in [0.2, 0.25) is 0 Å². The van der Waals surface area contributed by atoms with Crippen LogP contribution in [0.3, 0.4) is 0 Å². The summed E-state index contributed by atoms with van der Waals surface area (Å²) in [6, 6.07) is 15.1. The van der Waals surface area contributed by atoms with Gasteiger partial charge in [-0.15, -0.1) is 0 Å². The predicted molar refractivity (Wildman–Crippen MR) is 130 cm³/mol. The van der Waals surface area contributed by atoms with Crippen LogP contribution in [0.15, 0.2) is 54.6 Å². The van der Waals surface area contributed by atoms with Crippen LogP contribution in [0.1, 0.15) is 44.1 Å². The van der Waals surface area contributed by atoms with Crippen molar-refractivity contribution in [3.8, 4) is 5.75 Å². The first kappa shape index (κ1) is 21.6. The van der Waals surface area contributed by atoms with Gasteiger partial charge in [0.1, 0.15) is 5.75 Å². The average Bonchev–Trinajstić information content (AvgIpc) is 2.77. The van der Waals surface area contributed by atoms with Gasteiger partial charge in [0.2, 0.25) is 5.91 Å². The molecule has 172 valence electrons. The first-order valence-corrected chi connectivity index (χ1v) is 11.8. The Bertz CT molecular complexity index is 1030. The quantitative estimate of drug-likeness (QED) is 0.519. The van der Waals surface area contributed by atoms with Gasteiger partial charge in [-0.05, 0) is 92.2 Å². The Balaban J connectivity index is 1.22. The van der Waals surface area contributed by atoms with E-state index in [9.17, 15) is 9.59 Å². The normalized spacial score (nSPS) is 27.5. The second-order valence-corrected chi connectivity index (χ2v) is 10.0. The molecule has 2 aromatic carbocycles. The van der Waals surface area contributed by atoms with Crippen LogP contribution in [0.4, 0.5) is 11.4 Å². The van der Waals surface area contributed by atoms with Crippen molar-refractivity contribution in [3.05, 3.63) is 60.2 Å². The van der Waals surface area contributed by atoms with Gasteiger partial charge < -0.3 is 21.1 Å². The molecule has 6 heteroatoms. The molecule has 4 fully saturated rings. The lowest BCUT2D eigenvalue weighted by atomic mass is 9.53. The summed E-state index contributed by atoms with van der Waals surface area (Å²) in [5.41, 5.74) is 7.96. The summed E-state index contributed by atoms with van der Waals surface area (Å²) in [5.74, 6) is 2.44. The zero-order chi connectivity index (χ0) is 22.8. The molecule has 4 saturated carbocycles. The molecular formula is C27H31N3O3. The number of anilines is 2. The number of hydrogen-bond donors (Lipinski definition) is 3. The Hall–Kier alpha value is -3.28. The highest BCUT2D eigenvalue weighted by atomic mass is 16.5. The van der Waals surface area contributed by atoms with Gasteiger partial charge in [0.15, 0.2) is 6.61 Å². The van der Waals surface area contributed by atoms with Crippen molar-refractivity contribution in [1.82, 2.24) is 0 Å². The van der Waals surface area contributed by atoms with Crippen LogP contribution < -0.4 is 21.1 Å². The second-order valence-electron chi connectivity index (χ2n) is 10.0. The molecule has 2 amide bonds. The number of para-hydroxylation sites is 2. The summed E-state index contributed by atoms with van der Waals surface area (Å²) in [7, 11) is 0. The fraction of sp³-hybridized carbons (Fsp3) is 0.407. The fourth-order valence-electron chi connectivity index (χ4n) is 6.43. The molecule has 4 bridgehead atoms. The zero-order valence-corrected chi connectivity index (χ0v) is 18.8. The number of primary amides is 1. The molecule has 0 radical (unpaired) electrons. The Kier molecular flexibility index (Phi) is 5.83. The lowest BCUT2D eigenvalue weighted by molar-refractivity contribution is -0.120. The SMILES string of the molecule is NC(=O)COc1ccc(C=CC(=O)Nc2ccccc2NC23CC4CC(CC(C4)C2)C3)cc1. The number of carbonyl (C=O) groups excluding carboxylic acids is 2. The van der Waals surface area contributed by atoms with Crippen LogP contribution in [0, 0.1) is 17.8 Å². The maximum Gasteiger partial charge on any atom is 0.255 e. The average molecular weight is 446 g/mol. The highest BCUT2D eigenvalue weighted by Gasteiger charge is 2.51. The van der Waals surface area contributed by atoms with E-state index in [4.69, 9.17) is 10.5 Å². The maximum absolute atomic E-state index is 12.6. The number of rotatable bonds is 8. The summed E-state index contributed by atoms with van der Waals surface area (Å²) >= 11 is 0. The molecule has 0 spiro atoms. The van der Waals surface area contributed by atoms with Crippen LogP contribution in [0.25, 0.3) is 6.08 Å². The Morgan fingerprint density at radius 1 is 0.939 bits per heavy atom. The van der Waals surface area contributed by atoms with Gasteiger partial charge >= 0.3 is 0 Å². The fourth-order valence-corrected chi connectivity index (χ4v) is 6.43.